The lowest BCUT2D eigenvalue weighted by atomic mass is 10.1. The molecule has 2 N–H and O–H groups in total. The minimum Gasteiger partial charge on any atom is -0.322 e. The molecule has 0 unspecified atom stereocenters. The summed E-state index contributed by atoms with van der Waals surface area (Å²) in [5.74, 6) is -0.140. The lowest BCUT2D eigenvalue weighted by molar-refractivity contribution is 0.102. The van der Waals surface area contributed by atoms with Gasteiger partial charge >= 0.3 is 0 Å². The van der Waals surface area contributed by atoms with E-state index in [-0.39, 0.29) is 18.3 Å². The molecule has 1 aromatic heterocycles. The fourth-order valence-corrected chi connectivity index (χ4v) is 2.22. The van der Waals surface area contributed by atoms with Gasteiger partial charge < -0.3 is 10.6 Å². The summed E-state index contributed by atoms with van der Waals surface area (Å²) in [5, 5.41) is 14.4. The second-order valence-corrected chi connectivity index (χ2v) is 5.09. The molecule has 0 aliphatic carbocycles. The van der Waals surface area contributed by atoms with Gasteiger partial charge in [-0.1, -0.05) is 32.0 Å². The second kappa shape index (κ2) is 9.22. The number of benzene rings is 1. The van der Waals surface area contributed by atoms with Crippen LogP contribution >= 0.6 is 12.4 Å². The van der Waals surface area contributed by atoms with Crippen LogP contribution in [-0.2, 0) is 13.0 Å². The molecule has 1 amide bonds. The largest absolute Gasteiger partial charge is 0.322 e. The number of nitrogens with zero attached hydrogens (tertiary/aromatic N) is 2. The topological polar surface area (TPSA) is 66.9 Å². The normalized spacial score (nSPS) is 10.0. The van der Waals surface area contributed by atoms with Crippen molar-refractivity contribution in [2.45, 2.75) is 33.7 Å². The maximum absolute atomic E-state index is 12.6. The van der Waals surface area contributed by atoms with Crippen LogP contribution in [-0.4, -0.2) is 22.6 Å². The van der Waals surface area contributed by atoms with E-state index in [0.29, 0.717) is 17.7 Å². The Kier molecular flexibility index (Phi) is 7.65. The average Bonchev–Trinajstić information content (AvgIpc) is 2.54. The van der Waals surface area contributed by atoms with E-state index in [4.69, 9.17) is 0 Å². The van der Waals surface area contributed by atoms with Crippen molar-refractivity contribution in [1.82, 2.24) is 15.5 Å². The Morgan fingerprint density at radius 3 is 2.61 bits per heavy atom. The molecule has 0 bridgehead atoms. The molecular weight excluding hydrogens is 312 g/mol. The molecule has 0 saturated carbocycles. The van der Waals surface area contributed by atoms with Gasteiger partial charge in [-0.15, -0.1) is 12.4 Å². The SMILES string of the molecule is CCNCc1ccccc1NC(=O)c1cc(C)nnc1CC.Cl. The number of halogens is 1. The van der Waals surface area contributed by atoms with Gasteiger partial charge in [0.2, 0.25) is 0 Å². The number of carbonyl (C=O) groups is 1. The van der Waals surface area contributed by atoms with Gasteiger partial charge in [-0.05, 0) is 37.6 Å². The summed E-state index contributed by atoms with van der Waals surface area (Å²) in [4.78, 5) is 12.6. The molecule has 6 heteroatoms. The quantitative estimate of drug-likeness (QED) is 0.851. The standard InChI is InChI=1S/C17H22N4O.ClH/c1-4-15-14(10-12(3)20-21-15)17(22)19-16-9-7-6-8-13(16)11-18-5-2;/h6-10,18H,4-5,11H2,1-3H3,(H,19,22);1H. The zero-order chi connectivity index (χ0) is 15.9. The predicted molar refractivity (Wildman–Crippen MR) is 95.2 cm³/mol. The molecule has 0 aliphatic rings. The van der Waals surface area contributed by atoms with Crippen LogP contribution in [0, 0.1) is 6.92 Å². The van der Waals surface area contributed by atoms with Gasteiger partial charge in [0.15, 0.2) is 0 Å². The molecule has 0 fully saturated rings. The number of nitrogens with one attached hydrogen (secondary N) is 2. The van der Waals surface area contributed by atoms with E-state index in [9.17, 15) is 4.79 Å². The van der Waals surface area contributed by atoms with Crippen molar-refractivity contribution in [2.75, 3.05) is 11.9 Å². The first-order valence-corrected chi connectivity index (χ1v) is 7.58. The highest BCUT2D eigenvalue weighted by atomic mass is 35.5. The number of aryl methyl sites for hydroxylation is 2. The van der Waals surface area contributed by atoms with E-state index >= 15 is 0 Å². The highest BCUT2D eigenvalue weighted by Gasteiger charge is 2.14. The zero-order valence-electron chi connectivity index (χ0n) is 13.7. The molecule has 2 rings (SSSR count). The maximum Gasteiger partial charge on any atom is 0.257 e. The third-order valence-corrected chi connectivity index (χ3v) is 3.40. The van der Waals surface area contributed by atoms with Gasteiger partial charge in [0.05, 0.1) is 17.0 Å². The number of para-hydroxylation sites is 1. The first kappa shape index (κ1) is 19.1. The monoisotopic (exact) mass is 334 g/mol. The van der Waals surface area contributed by atoms with Crippen LogP contribution in [0.15, 0.2) is 30.3 Å². The number of rotatable bonds is 6. The summed E-state index contributed by atoms with van der Waals surface area (Å²) in [6.45, 7) is 7.47. The molecule has 2 aromatic rings. The van der Waals surface area contributed by atoms with Crippen LogP contribution in [0.3, 0.4) is 0 Å². The summed E-state index contributed by atoms with van der Waals surface area (Å²) >= 11 is 0. The molecule has 0 radical (unpaired) electrons. The highest BCUT2D eigenvalue weighted by Crippen LogP contribution is 2.17. The molecular formula is C17H23ClN4O. The van der Waals surface area contributed by atoms with Crippen molar-refractivity contribution >= 4 is 24.0 Å². The fraction of sp³-hybridized carbons (Fsp3) is 0.353. The first-order chi connectivity index (χ1) is 10.7. The number of carbonyl (C=O) groups excluding carboxylic acids is 1. The molecule has 1 aromatic carbocycles. The zero-order valence-corrected chi connectivity index (χ0v) is 14.5. The van der Waals surface area contributed by atoms with Crippen LogP contribution in [0.2, 0.25) is 0 Å². The summed E-state index contributed by atoms with van der Waals surface area (Å²) < 4.78 is 0. The summed E-state index contributed by atoms with van der Waals surface area (Å²) in [7, 11) is 0. The van der Waals surface area contributed by atoms with Gasteiger partial charge in [0.25, 0.3) is 5.91 Å². The summed E-state index contributed by atoms with van der Waals surface area (Å²) in [6, 6.07) is 9.60. The van der Waals surface area contributed by atoms with Gasteiger partial charge in [-0.3, -0.25) is 4.79 Å². The van der Waals surface area contributed by atoms with Crippen molar-refractivity contribution in [3.8, 4) is 0 Å². The Bertz CT molecular complexity index is 661. The average molecular weight is 335 g/mol. The smallest absolute Gasteiger partial charge is 0.257 e. The molecule has 0 spiro atoms. The molecule has 124 valence electrons. The van der Waals surface area contributed by atoms with Crippen molar-refractivity contribution in [3.05, 3.63) is 52.8 Å². The van der Waals surface area contributed by atoms with Gasteiger partial charge in [0.1, 0.15) is 0 Å². The Morgan fingerprint density at radius 1 is 1.17 bits per heavy atom. The Labute approximate surface area is 143 Å². The van der Waals surface area contributed by atoms with E-state index in [2.05, 4.69) is 27.8 Å². The van der Waals surface area contributed by atoms with Gasteiger partial charge in [0, 0.05) is 12.2 Å². The maximum atomic E-state index is 12.6. The number of hydrogen-bond acceptors (Lipinski definition) is 4. The fourth-order valence-electron chi connectivity index (χ4n) is 2.22. The van der Waals surface area contributed by atoms with Crippen LogP contribution in [0.5, 0.6) is 0 Å². The van der Waals surface area contributed by atoms with Crippen molar-refractivity contribution in [2.24, 2.45) is 0 Å². The minimum atomic E-state index is -0.140. The molecule has 5 nitrogen and oxygen atoms in total. The van der Waals surface area contributed by atoms with Crippen molar-refractivity contribution < 1.29 is 4.79 Å². The van der Waals surface area contributed by atoms with Gasteiger partial charge in [-0.2, -0.15) is 10.2 Å². The predicted octanol–water partition coefficient (Wildman–Crippen LogP) is 3.13. The molecule has 0 aliphatic heterocycles. The van der Waals surface area contributed by atoms with E-state index in [0.717, 1.165) is 30.0 Å². The van der Waals surface area contributed by atoms with E-state index in [1.807, 2.05) is 38.1 Å². The molecule has 23 heavy (non-hydrogen) atoms. The highest BCUT2D eigenvalue weighted by molar-refractivity contribution is 6.05. The van der Waals surface area contributed by atoms with Crippen LogP contribution in [0.1, 0.15) is 41.2 Å². The van der Waals surface area contributed by atoms with Crippen LogP contribution in [0.4, 0.5) is 5.69 Å². The van der Waals surface area contributed by atoms with Crippen molar-refractivity contribution in [3.63, 3.8) is 0 Å². The minimum absolute atomic E-state index is 0. The number of anilines is 1. The van der Waals surface area contributed by atoms with E-state index < -0.39 is 0 Å². The molecule has 0 saturated heterocycles. The Morgan fingerprint density at radius 2 is 1.91 bits per heavy atom. The second-order valence-electron chi connectivity index (χ2n) is 5.09. The number of amides is 1. The third kappa shape index (κ3) is 5.01. The van der Waals surface area contributed by atoms with Gasteiger partial charge in [-0.25, -0.2) is 0 Å². The third-order valence-electron chi connectivity index (χ3n) is 3.40. The first-order valence-electron chi connectivity index (χ1n) is 7.58. The van der Waals surface area contributed by atoms with Crippen molar-refractivity contribution in [1.29, 1.82) is 0 Å². The van der Waals surface area contributed by atoms with E-state index in [1.165, 1.54) is 0 Å². The lowest BCUT2D eigenvalue weighted by Crippen LogP contribution is -2.19. The summed E-state index contributed by atoms with van der Waals surface area (Å²) in [6.07, 6.45) is 0.676. The van der Waals surface area contributed by atoms with Crippen LogP contribution < -0.4 is 10.6 Å². The Hall–Kier alpha value is -1.98. The number of aromatic nitrogens is 2. The van der Waals surface area contributed by atoms with Crippen LogP contribution in [0.25, 0.3) is 0 Å². The summed E-state index contributed by atoms with van der Waals surface area (Å²) in [5.41, 5.74) is 3.93. The lowest BCUT2D eigenvalue weighted by Gasteiger charge is -2.12. The van der Waals surface area contributed by atoms with E-state index in [1.54, 1.807) is 6.07 Å². The molecule has 0 atom stereocenters. The number of hydrogen-bond donors (Lipinski definition) is 2. The Balaban J connectivity index is 0.00000264. The molecule has 1 heterocycles.